The minimum absolute atomic E-state index is 0.0967. The summed E-state index contributed by atoms with van der Waals surface area (Å²) in [7, 11) is 1.71. The number of carbonyl (C=O) groups is 1. The van der Waals surface area contributed by atoms with E-state index in [-0.39, 0.29) is 12.0 Å². The first-order valence-corrected chi connectivity index (χ1v) is 6.15. The van der Waals surface area contributed by atoms with Crippen LogP contribution in [0.15, 0.2) is 18.3 Å². The molecule has 1 aromatic rings. The first kappa shape index (κ1) is 13.0. The Morgan fingerprint density at radius 3 is 3.11 bits per heavy atom. The third-order valence-electron chi connectivity index (χ3n) is 3.07. The average molecular weight is 252 g/mol. The van der Waals surface area contributed by atoms with E-state index in [9.17, 15) is 9.18 Å². The maximum atomic E-state index is 12.9. The van der Waals surface area contributed by atoms with Gasteiger partial charge in [0, 0.05) is 38.0 Å². The molecule has 5 heteroatoms. The van der Waals surface area contributed by atoms with E-state index in [4.69, 9.17) is 4.74 Å². The number of ether oxygens (including phenoxy) is 1. The zero-order valence-electron chi connectivity index (χ0n) is 10.4. The number of amides is 1. The molecule has 18 heavy (non-hydrogen) atoms. The number of hydrogen-bond acceptors (Lipinski definition) is 3. The molecule has 2 rings (SSSR count). The molecule has 0 N–H and O–H groups in total. The van der Waals surface area contributed by atoms with E-state index >= 15 is 0 Å². The number of likely N-dealkylation sites (N-methyl/N-ethyl adjacent to an activating group) is 1. The molecular formula is C13H17FN2O2. The molecule has 1 aliphatic heterocycles. The van der Waals surface area contributed by atoms with E-state index in [1.54, 1.807) is 11.9 Å². The van der Waals surface area contributed by atoms with Crippen LogP contribution in [0.25, 0.3) is 0 Å². The van der Waals surface area contributed by atoms with Crippen LogP contribution in [0, 0.1) is 5.95 Å². The Kier molecular flexibility index (Phi) is 4.25. The van der Waals surface area contributed by atoms with Gasteiger partial charge in [-0.15, -0.1) is 0 Å². The SMILES string of the molecule is CN(CC1CCCCO1)C(=O)c1ccnc(F)c1. The van der Waals surface area contributed by atoms with E-state index in [0.29, 0.717) is 12.1 Å². The fraction of sp³-hybridized carbons (Fsp3) is 0.538. The Morgan fingerprint density at radius 2 is 2.44 bits per heavy atom. The minimum Gasteiger partial charge on any atom is -0.376 e. The number of pyridine rings is 1. The monoisotopic (exact) mass is 252 g/mol. The number of carbonyl (C=O) groups excluding carboxylic acids is 1. The van der Waals surface area contributed by atoms with Gasteiger partial charge >= 0.3 is 0 Å². The summed E-state index contributed by atoms with van der Waals surface area (Å²) in [5, 5.41) is 0. The lowest BCUT2D eigenvalue weighted by Crippen LogP contribution is -2.37. The van der Waals surface area contributed by atoms with Gasteiger partial charge in [-0.05, 0) is 25.3 Å². The van der Waals surface area contributed by atoms with Crippen LogP contribution in [0.4, 0.5) is 4.39 Å². The predicted octanol–water partition coefficient (Wildman–Crippen LogP) is 1.86. The number of rotatable bonds is 3. The van der Waals surface area contributed by atoms with Crippen molar-refractivity contribution in [3.63, 3.8) is 0 Å². The highest BCUT2D eigenvalue weighted by molar-refractivity contribution is 5.93. The highest BCUT2D eigenvalue weighted by Crippen LogP contribution is 2.14. The maximum Gasteiger partial charge on any atom is 0.253 e. The molecule has 0 spiro atoms. The van der Waals surface area contributed by atoms with Crippen molar-refractivity contribution in [1.29, 1.82) is 0 Å². The lowest BCUT2D eigenvalue weighted by molar-refractivity contribution is -0.000196. The second kappa shape index (κ2) is 5.91. The van der Waals surface area contributed by atoms with Gasteiger partial charge in [-0.25, -0.2) is 4.98 Å². The number of aromatic nitrogens is 1. The first-order chi connectivity index (χ1) is 8.66. The quantitative estimate of drug-likeness (QED) is 0.771. The molecule has 0 aliphatic carbocycles. The van der Waals surface area contributed by atoms with Crippen LogP contribution >= 0.6 is 0 Å². The standard InChI is InChI=1S/C13H17FN2O2/c1-16(9-11-4-2-3-7-18-11)13(17)10-5-6-15-12(14)8-10/h5-6,8,11H,2-4,7,9H2,1H3. The van der Waals surface area contributed by atoms with Crippen molar-refractivity contribution in [2.75, 3.05) is 20.2 Å². The van der Waals surface area contributed by atoms with Gasteiger partial charge in [0.1, 0.15) is 0 Å². The highest BCUT2D eigenvalue weighted by Gasteiger charge is 2.19. The predicted molar refractivity (Wildman–Crippen MR) is 64.7 cm³/mol. The van der Waals surface area contributed by atoms with Crippen LogP contribution in [0.5, 0.6) is 0 Å². The lowest BCUT2D eigenvalue weighted by atomic mass is 10.1. The Morgan fingerprint density at radius 1 is 1.61 bits per heavy atom. The molecule has 98 valence electrons. The second-order valence-electron chi connectivity index (χ2n) is 4.54. The van der Waals surface area contributed by atoms with Gasteiger partial charge in [0.25, 0.3) is 5.91 Å². The van der Waals surface area contributed by atoms with Crippen molar-refractivity contribution in [3.05, 3.63) is 29.8 Å². The van der Waals surface area contributed by atoms with Gasteiger partial charge in [0.05, 0.1) is 6.10 Å². The molecule has 1 saturated heterocycles. The largest absolute Gasteiger partial charge is 0.376 e. The molecule has 0 aromatic carbocycles. The molecule has 1 fully saturated rings. The van der Waals surface area contributed by atoms with E-state index in [1.165, 1.54) is 12.3 Å². The summed E-state index contributed by atoms with van der Waals surface area (Å²) in [5.41, 5.74) is 0.320. The molecule has 2 heterocycles. The van der Waals surface area contributed by atoms with Gasteiger partial charge in [0.15, 0.2) is 0 Å². The van der Waals surface area contributed by atoms with Crippen molar-refractivity contribution >= 4 is 5.91 Å². The van der Waals surface area contributed by atoms with Crippen molar-refractivity contribution in [1.82, 2.24) is 9.88 Å². The minimum atomic E-state index is -0.636. The summed E-state index contributed by atoms with van der Waals surface area (Å²) >= 11 is 0. The Balaban J connectivity index is 1.95. The molecule has 1 amide bonds. The summed E-state index contributed by atoms with van der Waals surface area (Å²) in [4.78, 5) is 17.1. The fourth-order valence-electron chi connectivity index (χ4n) is 2.10. The van der Waals surface area contributed by atoms with E-state index in [2.05, 4.69) is 4.98 Å². The fourth-order valence-corrected chi connectivity index (χ4v) is 2.10. The van der Waals surface area contributed by atoms with Gasteiger partial charge < -0.3 is 9.64 Å². The Hall–Kier alpha value is -1.49. The third kappa shape index (κ3) is 3.26. The molecule has 4 nitrogen and oxygen atoms in total. The van der Waals surface area contributed by atoms with Gasteiger partial charge in [-0.2, -0.15) is 4.39 Å². The highest BCUT2D eigenvalue weighted by atomic mass is 19.1. The van der Waals surface area contributed by atoms with Crippen LogP contribution in [-0.2, 0) is 4.74 Å². The summed E-state index contributed by atoms with van der Waals surface area (Å²) in [6, 6.07) is 2.67. The van der Waals surface area contributed by atoms with Crippen LogP contribution < -0.4 is 0 Å². The molecular weight excluding hydrogens is 235 g/mol. The zero-order chi connectivity index (χ0) is 13.0. The normalized spacial score (nSPS) is 19.6. The number of hydrogen-bond donors (Lipinski definition) is 0. The Bertz CT molecular complexity index is 419. The van der Waals surface area contributed by atoms with Crippen LogP contribution in [-0.4, -0.2) is 42.1 Å². The smallest absolute Gasteiger partial charge is 0.253 e. The molecule has 0 saturated carbocycles. The van der Waals surface area contributed by atoms with Crippen molar-refractivity contribution in [3.8, 4) is 0 Å². The van der Waals surface area contributed by atoms with Crippen molar-refractivity contribution < 1.29 is 13.9 Å². The topological polar surface area (TPSA) is 42.4 Å². The van der Waals surface area contributed by atoms with Crippen molar-refractivity contribution in [2.24, 2.45) is 0 Å². The van der Waals surface area contributed by atoms with E-state index < -0.39 is 5.95 Å². The van der Waals surface area contributed by atoms with E-state index in [1.807, 2.05) is 0 Å². The van der Waals surface area contributed by atoms with Crippen LogP contribution in [0.2, 0.25) is 0 Å². The Labute approximate surface area is 106 Å². The summed E-state index contributed by atoms with van der Waals surface area (Å²) in [6.07, 6.45) is 4.59. The van der Waals surface area contributed by atoms with Gasteiger partial charge in [-0.3, -0.25) is 4.79 Å². The summed E-state index contributed by atoms with van der Waals surface area (Å²) < 4.78 is 18.5. The summed E-state index contributed by atoms with van der Waals surface area (Å²) in [6.45, 7) is 1.30. The number of halogens is 1. The molecule has 1 aromatic heterocycles. The maximum absolute atomic E-state index is 12.9. The molecule has 1 aliphatic rings. The van der Waals surface area contributed by atoms with Gasteiger partial charge in [0.2, 0.25) is 5.95 Å². The summed E-state index contributed by atoms with van der Waals surface area (Å²) in [5.74, 6) is -0.839. The average Bonchev–Trinajstić information content (AvgIpc) is 2.39. The lowest BCUT2D eigenvalue weighted by Gasteiger charge is -2.27. The molecule has 0 bridgehead atoms. The van der Waals surface area contributed by atoms with Crippen molar-refractivity contribution in [2.45, 2.75) is 25.4 Å². The second-order valence-corrected chi connectivity index (χ2v) is 4.54. The van der Waals surface area contributed by atoms with Gasteiger partial charge in [-0.1, -0.05) is 0 Å². The molecule has 1 unspecified atom stereocenters. The zero-order valence-corrected chi connectivity index (χ0v) is 10.4. The van der Waals surface area contributed by atoms with Crippen LogP contribution in [0.1, 0.15) is 29.6 Å². The molecule has 0 radical (unpaired) electrons. The third-order valence-corrected chi connectivity index (χ3v) is 3.07. The number of nitrogens with zero attached hydrogens (tertiary/aromatic N) is 2. The first-order valence-electron chi connectivity index (χ1n) is 6.15. The van der Waals surface area contributed by atoms with Crippen LogP contribution in [0.3, 0.4) is 0 Å². The molecule has 1 atom stereocenters. The van der Waals surface area contributed by atoms with E-state index in [0.717, 1.165) is 31.9 Å².